The van der Waals surface area contributed by atoms with Crippen molar-refractivity contribution < 1.29 is 4.79 Å². The normalized spacial score (nSPS) is 28.5. The van der Waals surface area contributed by atoms with Crippen LogP contribution in [0.5, 0.6) is 0 Å². The van der Waals surface area contributed by atoms with Crippen molar-refractivity contribution in [2.75, 3.05) is 49.1 Å². The van der Waals surface area contributed by atoms with Crippen LogP contribution in [0.1, 0.15) is 23.3 Å². The molecule has 6 heterocycles. The van der Waals surface area contributed by atoms with Crippen LogP contribution in [0.25, 0.3) is 10.1 Å². The quantitative estimate of drug-likeness (QED) is 0.876. The first-order valence-electron chi connectivity index (χ1n) is 9.52. The number of nitrogens with one attached hydrogen (secondary N) is 1. The molecule has 1 atom stereocenters. The lowest BCUT2D eigenvalue weighted by molar-refractivity contribution is 0.0618. The van der Waals surface area contributed by atoms with E-state index in [1.54, 1.807) is 11.3 Å². The molecule has 0 saturated carbocycles. The first-order chi connectivity index (χ1) is 12.8. The first kappa shape index (κ1) is 16.8. The third-order valence-electron chi connectivity index (χ3n) is 5.92. The molecule has 0 aromatic carbocycles. The van der Waals surface area contributed by atoms with Crippen LogP contribution in [0, 0.1) is 5.92 Å². The largest absolute Gasteiger partial charge is 0.362 e. The molecule has 4 aliphatic heterocycles. The molecule has 4 fully saturated rings. The zero-order valence-corrected chi connectivity index (χ0v) is 16.5. The predicted octanol–water partition coefficient (Wildman–Crippen LogP) is 2.67. The van der Waals surface area contributed by atoms with E-state index in [1.807, 2.05) is 24.0 Å². The summed E-state index contributed by atoms with van der Waals surface area (Å²) in [4.78, 5) is 22.1. The Hall–Kier alpha value is -1.31. The highest BCUT2D eigenvalue weighted by molar-refractivity contribution is 7.99. The molecule has 0 spiro atoms. The van der Waals surface area contributed by atoms with E-state index < -0.39 is 0 Å². The summed E-state index contributed by atoms with van der Waals surface area (Å²) in [7, 11) is 0. The van der Waals surface area contributed by atoms with E-state index in [0.29, 0.717) is 11.6 Å². The van der Waals surface area contributed by atoms with Gasteiger partial charge in [-0.25, -0.2) is 0 Å². The molecule has 1 amide bonds. The number of hydrogen-bond donors (Lipinski definition) is 1. The Morgan fingerprint density at radius 3 is 2.69 bits per heavy atom. The third-order valence-corrected chi connectivity index (χ3v) is 8.02. The first-order valence-corrected chi connectivity index (χ1v) is 11.5. The molecule has 0 aliphatic carbocycles. The van der Waals surface area contributed by atoms with Gasteiger partial charge >= 0.3 is 0 Å². The van der Waals surface area contributed by atoms with E-state index in [2.05, 4.69) is 26.2 Å². The van der Waals surface area contributed by atoms with E-state index in [1.165, 1.54) is 42.4 Å². The van der Waals surface area contributed by atoms with Gasteiger partial charge < -0.3 is 15.1 Å². The molecule has 138 valence electrons. The number of thioether (sulfide) groups is 1. The molecule has 1 N–H and O–H groups in total. The molecule has 0 radical (unpaired) electrons. The van der Waals surface area contributed by atoms with Gasteiger partial charge in [0.05, 0.1) is 5.00 Å². The van der Waals surface area contributed by atoms with Gasteiger partial charge in [0.1, 0.15) is 5.69 Å². The van der Waals surface area contributed by atoms with Crippen molar-refractivity contribution >= 4 is 44.1 Å². The monoisotopic (exact) mass is 388 g/mol. The number of thiophene rings is 1. The number of rotatable bonds is 3. The molecule has 4 saturated heterocycles. The Morgan fingerprint density at radius 2 is 1.96 bits per heavy atom. The molecule has 2 bridgehead atoms. The zero-order chi connectivity index (χ0) is 17.5. The minimum absolute atomic E-state index is 0.0185. The molecule has 2 aromatic heterocycles. The van der Waals surface area contributed by atoms with Crippen LogP contribution >= 0.6 is 23.1 Å². The van der Waals surface area contributed by atoms with Gasteiger partial charge in [0.25, 0.3) is 5.91 Å². The van der Waals surface area contributed by atoms with Gasteiger partial charge in [-0.15, -0.1) is 11.3 Å². The van der Waals surface area contributed by atoms with Gasteiger partial charge in [0, 0.05) is 53.5 Å². The molecule has 7 heteroatoms. The highest BCUT2D eigenvalue weighted by Gasteiger charge is 2.35. The van der Waals surface area contributed by atoms with Gasteiger partial charge in [0.2, 0.25) is 0 Å². The van der Waals surface area contributed by atoms with Crippen molar-refractivity contribution in [1.29, 1.82) is 0 Å². The second-order valence-electron chi connectivity index (χ2n) is 7.51. The number of hydrogen-bond acceptors (Lipinski definition) is 6. The van der Waals surface area contributed by atoms with E-state index in [0.717, 1.165) is 29.7 Å². The summed E-state index contributed by atoms with van der Waals surface area (Å²) in [5, 5.41) is 5.69. The minimum Gasteiger partial charge on any atom is -0.362 e. The molecular weight excluding hydrogens is 364 g/mol. The predicted molar refractivity (Wildman–Crippen MR) is 110 cm³/mol. The number of carbonyl (C=O) groups excluding carboxylic acids is 1. The summed E-state index contributed by atoms with van der Waals surface area (Å²) in [5.41, 5.74) is 0.552. The van der Waals surface area contributed by atoms with E-state index in [4.69, 9.17) is 0 Å². The number of aromatic nitrogens is 1. The van der Waals surface area contributed by atoms with Crippen LogP contribution in [0.15, 0.2) is 18.3 Å². The smallest absolute Gasteiger partial charge is 0.270 e. The number of carbonyl (C=O) groups is 1. The van der Waals surface area contributed by atoms with E-state index >= 15 is 0 Å². The van der Waals surface area contributed by atoms with Gasteiger partial charge in [-0.2, -0.15) is 11.8 Å². The zero-order valence-electron chi connectivity index (χ0n) is 14.8. The summed E-state index contributed by atoms with van der Waals surface area (Å²) < 4.78 is 1.16. The van der Waals surface area contributed by atoms with Crippen molar-refractivity contribution in [2.24, 2.45) is 5.92 Å². The van der Waals surface area contributed by atoms with Crippen molar-refractivity contribution in [3.8, 4) is 0 Å². The standard InChI is InChI=1S/C19H24N4OS2/c24-19(21-16-12-22-3-1-13(16)2-4-22)15-10-17-14(11-20-15)9-18(26-17)23-5-7-25-8-6-23/h9-11,13,16H,1-8,12H2,(H,21,24). The van der Waals surface area contributed by atoms with Crippen molar-refractivity contribution in [2.45, 2.75) is 18.9 Å². The maximum atomic E-state index is 12.7. The number of pyridine rings is 1. The number of nitrogens with zero attached hydrogens (tertiary/aromatic N) is 3. The average Bonchev–Trinajstić information content (AvgIpc) is 3.13. The third kappa shape index (κ3) is 3.21. The minimum atomic E-state index is -0.0185. The van der Waals surface area contributed by atoms with Crippen LogP contribution < -0.4 is 10.2 Å². The fourth-order valence-corrected chi connectivity index (χ4v) is 6.38. The van der Waals surface area contributed by atoms with Gasteiger partial charge in [-0.3, -0.25) is 9.78 Å². The SMILES string of the molecule is O=C(NC1CN2CCC1CC2)c1cc2sc(N3CCSCC3)cc2cn1. The molecule has 2 aromatic rings. The van der Waals surface area contributed by atoms with Gasteiger partial charge in [-0.1, -0.05) is 0 Å². The maximum Gasteiger partial charge on any atom is 0.270 e. The molecule has 26 heavy (non-hydrogen) atoms. The maximum absolute atomic E-state index is 12.7. The lowest BCUT2D eigenvalue weighted by atomic mass is 9.84. The van der Waals surface area contributed by atoms with Crippen LogP contribution in [-0.2, 0) is 0 Å². The fraction of sp³-hybridized carbons (Fsp3) is 0.579. The summed E-state index contributed by atoms with van der Waals surface area (Å²) in [6.45, 7) is 5.59. The lowest BCUT2D eigenvalue weighted by Gasteiger charge is -2.44. The van der Waals surface area contributed by atoms with Crippen molar-refractivity contribution in [3.05, 3.63) is 24.0 Å². The Morgan fingerprint density at radius 1 is 1.15 bits per heavy atom. The Kier molecular flexibility index (Phi) is 4.54. The van der Waals surface area contributed by atoms with Crippen LogP contribution in [0.4, 0.5) is 5.00 Å². The lowest BCUT2D eigenvalue weighted by Crippen LogP contribution is -2.57. The Labute approximate surface area is 162 Å². The highest BCUT2D eigenvalue weighted by Crippen LogP contribution is 2.34. The van der Waals surface area contributed by atoms with Crippen LogP contribution in [-0.4, -0.2) is 66.1 Å². The van der Waals surface area contributed by atoms with E-state index in [9.17, 15) is 4.79 Å². The summed E-state index contributed by atoms with van der Waals surface area (Å²) in [6.07, 6.45) is 4.28. The number of fused-ring (bicyclic) bond motifs is 4. The second kappa shape index (κ2) is 7.02. The number of anilines is 1. The Bertz CT molecular complexity index is 809. The van der Waals surface area contributed by atoms with Crippen molar-refractivity contribution in [3.63, 3.8) is 0 Å². The fourth-order valence-electron chi connectivity index (χ4n) is 4.35. The Balaban J connectivity index is 1.33. The van der Waals surface area contributed by atoms with Crippen molar-refractivity contribution in [1.82, 2.24) is 15.2 Å². The molecular formula is C19H24N4OS2. The number of piperidine rings is 3. The molecule has 1 unspecified atom stereocenters. The van der Waals surface area contributed by atoms with Crippen LogP contribution in [0.2, 0.25) is 0 Å². The average molecular weight is 389 g/mol. The molecule has 5 nitrogen and oxygen atoms in total. The number of amides is 1. The molecule has 4 aliphatic rings. The summed E-state index contributed by atoms with van der Waals surface area (Å²) in [5.74, 6) is 3.01. The van der Waals surface area contributed by atoms with E-state index in [-0.39, 0.29) is 11.9 Å². The van der Waals surface area contributed by atoms with Gasteiger partial charge in [0.15, 0.2) is 0 Å². The summed E-state index contributed by atoms with van der Waals surface area (Å²) >= 11 is 3.80. The van der Waals surface area contributed by atoms with Gasteiger partial charge in [-0.05, 0) is 44.0 Å². The molecule has 6 rings (SSSR count). The summed E-state index contributed by atoms with van der Waals surface area (Å²) in [6, 6.07) is 4.48. The topological polar surface area (TPSA) is 48.5 Å². The van der Waals surface area contributed by atoms with Crippen LogP contribution in [0.3, 0.4) is 0 Å². The second-order valence-corrected chi connectivity index (χ2v) is 9.80. The highest BCUT2D eigenvalue weighted by atomic mass is 32.2.